The third-order valence-electron chi connectivity index (χ3n) is 14.2. The van der Waals surface area contributed by atoms with Gasteiger partial charge in [-0.1, -0.05) is 65.5 Å². The molecule has 1 aromatic carbocycles. The number of allylic oxidation sites excluding steroid dienone is 1. The molecular formula is C44H68O7. The number of hydrogen-bond acceptors (Lipinski definition) is 6. The number of ether oxygens (including phenoxy) is 4. The number of aromatic carboxylic acids is 1. The normalized spacial score (nSPS) is 36.8. The van der Waals surface area contributed by atoms with Crippen LogP contribution in [0.25, 0.3) is 0 Å². The number of benzene rings is 1. The predicted molar refractivity (Wildman–Crippen MR) is 201 cm³/mol. The Labute approximate surface area is 308 Å². The van der Waals surface area contributed by atoms with Crippen LogP contribution in [0.3, 0.4) is 0 Å². The molecule has 0 aromatic heterocycles. The Kier molecular flexibility index (Phi) is 12.8. The summed E-state index contributed by atoms with van der Waals surface area (Å²) in [4.78, 5) is 11.3. The van der Waals surface area contributed by atoms with E-state index < -0.39 is 5.97 Å². The van der Waals surface area contributed by atoms with E-state index in [0.717, 1.165) is 86.9 Å². The second-order valence-corrected chi connectivity index (χ2v) is 18.0. The molecule has 51 heavy (non-hydrogen) atoms. The molecule has 2 saturated heterocycles. The number of aliphatic hydroxyl groups excluding tert-OH is 1. The van der Waals surface area contributed by atoms with Crippen LogP contribution in [0.4, 0.5) is 0 Å². The van der Waals surface area contributed by atoms with Crippen molar-refractivity contribution in [1.82, 2.24) is 0 Å². The summed E-state index contributed by atoms with van der Waals surface area (Å²) in [6.07, 6.45) is 22.3. The quantitative estimate of drug-likeness (QED) is 0.234. The Morgan fingerprint density at radius 1 is 0.843 bits per heavy atom. The maximum atomic E-state index is 11.3. The second kappa shape index (κ2) is 16.9. The van der Waals surface area contributed by atoms with Crippen molar-refractivity contribution in [2.75, 3.05) is 13.2 Å². The molecule has 2 unspecified atom stereocenters. The minimum atomic E-state index is -1.02. The van der Waals surface area contributed by atoms with Gasteiger partial charge < -0.3 is 29.2 Å². The second-order valence-electron chi connectivity index (χ2n) is 18.0. The van der Waals surface area contributed by atoms with E-state index in [0.29, 0.717) is 35.5 Å². The van der Waals surface area contributed by atoms with Crippen LogP contribution in [0.2, 0.25) is 0 Å². The number of rotatable bonds is 10. The molecule has 7 nitrogen and oxygen atoms in total. The van der Waals surface area contributed by atoms with Crippen molar-refractivity contribution in [1.29, 1.82) is 0 Å². The first kappa shape index (κ1) is 38.6. The van der Waals surface area contributed by atoms with Crippen molar-refractivity contribution >= 4 is 5.97 Å². The predicted octanol–water partition coefficient (Wildman–Crippen LogP) is 10.6. The zero-order valence-corrected chi connectivity index (χ0v) is 32.4. The third kappa shape index (κ3) is 9.00. The van der Waals surface area contributed by atoms with Crippen molar-refractivity contribution < 1.29 is 34.0 Å². The van der Waals surface area contributed by atoms with Gasteiger partial charge in [0.15, 0.2) is 12.6 Å². The van der Waals surface area contributed by atoms with E-state index in [2.05, 4.69) is 40.7 Å². The van der Waals surface area contributed by atoms with Crippen molar-refractivity contribution in [3.63, 3.8) is 0 Å². The summed E-state index contributed by atoms with van der Waals surface area (Å²) in [6.45, 7) is 13.9. The molecule has 7 rings (SSSR count). The molecule has 5 fully saturated rings. The average molecular weight is 709 g/mol. The summed E-state index contributed by atoms with van der Waals surface area (Å²) in [5.74, 6) is 5.33. The topological polar surface area (TPSA) is 94.5 Å². The lowest BCUT2D eigenvalue weighted by molar-refractivity contribution is -0.109. The van der Waals surface area contributed by atoms with Gasteiger partial charge in [-0.15, -0.1) is 0 Å². The molecule has 3 saturated carbocycles. The van der Waals surface area contributed by atoms with Crippen LogP contribution in [-0.4, -0.2) is 48.1 Å². The SMILES string of the molecule is CC(C)CCC[C@@H](C)[C@H]1CC[C@H]2[C@@H]3CC=C4C[C@@H](O)CC[C@]4(C)[C@H]3CC[C@]12C.O=C(O)c1cc(OC2CCCCO2)cc(OC2CCCCO2)c1. The average Bonchev–Trinajstić information content (AvgIpc) is 3.47. The fourth-order valence-electron chi connectivity index (χ4n) is 11.4. The molecule has 2 N–H and O–H groups in total. The van der Waals surface area contributed by atoms with Crippen LogP contribution in [0.15, 0.2) is 29.8 Å². The maximum Gasteiger partial charge on any atom is 0.335 e. The smallest absolute Gasteiger partial charge is 0.335 e. The van der Waals surface area contributed by atoms with E-state index >= 15 is 0 Å². The van der Waals surface area contributed by atoms with Crippen molar-refractivity contribution in [3.8, 4) is 11.5 Å². The highest BCUT2D eigenvalue weighted by molar-refractivity contribution is 5.88. The summed E-state index contributed by atoms with van der Waals surface area (Å²) in [6, 6.07) is 4.69. The number of carboxylic acids is 1. The largest absolute Gasteiger partial charge is 0.478 e. The molecule has 6 aliphatic rings. The van der Waals surface area contributed by atoms with Gasteiger partial charge in [0, 0.05) is 18.9 Å². The number of hydrogen-bond donors (Lipinski definition) is 2. The Balaban J connectivity index is 0.000000179. The first-order chi connectivity index (χ1) is 24.5. The van der Waals surface area contributed by atoms with E-state index in [1.54, 1.807) is 11.6 Å². The van der Waals surface area contributed by atoms with Gasteiger partial charge in [0.1, 0.15) is 11.5 Å². The minimum Gasteiger partial charge on any atom is -0.478 e. The van der Waals surface area contributed by atoms with Gasteiger partial charge in [-0.25, -0.2) is 4.79 Å². The van der Waals surface area contributed by atoms with E-state index in [1.165, 1.54) is 69.9 Å². The van der Waals surface area contributed by atoms with E-state index in [1.807, 2.05) is 0 Å². The first-order valence-corrected chi connectivity index (χ1v) is 20.8. The van der Waals surface area contributed by atoms with Gasteiger partial charge in [0.05, 0.1) is 24.9 Å². The van der Waals surface area contributed by atoms with Crippen molar-refractivity contribution in [3.05, 3.63) is 35.4 Å². The highest BCUT2D eigenvalue weighted by atomic mass is 16.7. The molecule has 0 radical (unpaired) electrons. The van der Waals surface area contributed by atoms with Crippen LogP contribution < -0.4 is 9.47 Å². The highest BCUT2D eigenvalue weighted by Gasteiger charge is 2.59. The number of aliphatic hydroxyl groups is 1. The molecule has 2 aliphatic heterocycles. The zero-order chi connectivity index (χ0) is 36.2. The van der Waals surface area contributed by atoms with E-state index in [4.69, 9.17) is 18.9 Å². The lowest BCUT2D eigenvalue weighted by Crippen LogP contribution is -2.50. The number of fused-ring (bicyclic) bond motifs is 5. The van der Waals surface area contributed by atoms with Crippen molar-refractivity contribution in [2.45, 2.75) is 162 Å². The van der Waals surface area contributed by atoms with Gasteiger partial charge >= 0.3 is 5.97 Å². The van der Waals surface area contributed by atoms with Crippen LogP contribution >= 0.6 is 0 Å². The first-order valence-electron chi connectivity index (χ1n) is 20.8. The van der Waals surface area contributed by atoms with Crippen LogP contribution in [-0.2, 0) is 9.47 Å². The Hall–Kier alpha value is -2.09. The van der Waals surface area contributed by atoms with Gasteiger partial charge in [-0.05, 0) is 136 Å². The zero-order valence-electron chi connectivity index (χ0n) is 32.4. The molecule has 4 aliphatic carbocycles. The van der Waals surface area contributed by atoms with Crippen LogP contribution in [0.5, 0.6) is 11.5 Å². The monoisotopic (exact) mass is 708 g/mol. The summed E-state index contributed by atoms with van der Waals surface area (Å²) < 4.78 is 22.6. The van der Waals surface area contributed by atoms with Gasteiger partial charge in [0.25, 0.3) is 0 Å². The summed E-state index contributed by atoms with van der Waals surface area (Å²) >= 11 is 0. The summed E-state index contributed by atoms with van der Waals surface area (Å²) in [5.41, 5.74) is 2.73. The molecule has 0 spiro atoms. The van der Waals surface area contributed by atoms with E-state index in [9.17, 15) is 15.0 Å². The van der Waals surface area contributed by atoms with Crippen molar-refractivity contribution in [2.24, 2.45) is 46.3 Å². The van der Waals surface area contributed by atoms with E-state index in [-0.39, 0.29) is 24.2 Å². The molecular weight excluding hydrogens is 640 g/mol. The molecule has 0 bridgehead atoms. The number of carboxylic acid groups (broad SMARTS) is 1. The Morgan fingerprint density at radius 2 is 1.51 bits per heavy atom. The lowest BCUT2D eigenvalue weighted by Gasteiger charge is -2.58. The van der Waals surface area contributed by atoms with Gasteiger partial charge in [-0.3, -0.25) is 0 Å². The Morgan fingerprint density at radius 3 is 2.10 bits per heavy atom. The minimum absolute atomic E-state index is 0.0766. The fourth-order valence-corrected chi connectivity index (χ4v) is 11.4. The van der Waals surface area contributed by atoms with Gasteiger partial charge in [-0.2, -0.15) is 0 Å². The summed E-state index contributed by atoms with van der Waals surface area (Å²) in [7, 11) is 0. The summed E-state index contributed by atoms with van der Waals surface area (Å²) in [5, 5.41) is 19.5. The maximum absolute atomic E-state index is 11.3. The van der Waals surface area contributed by atoms with Crippen LogP contribution in [0.1, 0.15) is 154 Å². The molecule has 7 heteroatoms. The molecule has 2 heterocycles. The molecule has 0 amide bonds. The standard InChI is InChI=1S/C27H46O.C17H22O6/c1-18(2)7-6-8-19(3)23-11-12-24-22-10-9-20-17-21(28)13-15-26(20,4)25(22)14-16-27(23,24)5;18-17(19)12-9-13(22-15-5-1-3-7-20-15)11-14(10-12)23-16-6-2-4-8-21-16/h9,18-19,21-25,28H,6-8,10-17H2,1-5H3;9-11,15-16H,1-8H2,(H,18,19)/t19-,21+,22+,23-,24+,25+,26+,27-;/m1./s1. The molecule has 10 atom stereocenters. The lowest BCUT2D eigenvalue weighted by atomic mass is 9.47. The molecule has 1 aromatic rings. The Bertz CT molecular complexity index is 1290. The highest BCUT2D eigenvalue weighted by Crippen LogP contribution is 2.67. The van der Waals surface area contributed by atoms with Gasteiger partial charge in [0.2, 0.25) is 0 Å². The number of carbonyl (C=O) groups is 1. The fraction of sp³-hybridized carbons (Fsp3) is 0.795. The van der Waals surface area contributed by atoms with Crippen LogP contribution in [0, 0.1) is 46.3 Å². The third-order valence-corrected chi connectivity index (χ3v) is 14.2. The molecule has 286 valence electrons.